The molecule has 3 aromatic carbocycles. The Morgan fingerprint density at radius 3 is 1.81 bits per heavy atom. The van der Waals surface area contributed by atoms with E-state index in [2.05, 4.69) is 79.3 Å². The summed E-state index contributed by atoms with van der Waals surface area (Å²) in [6.07, 6.45) is 10.0. The molecular formula is C43H57N7O2. The van der Waals surface area contributed by atoms with Crippen molar-refractivity contribution in [2.24, 2.45) is 5.41 Å². The number of carbonyl (C=O) groups excluding carboxylic acids is 1. The van der Waals surface area contributed by atoms with Gasteiger partial charge in [-0.2, -0.15) is 15.0 Å². The van der Waals surface area contributed by atoms with Crippen LogP contribution in [0.2, 0.25) is 0 Å². The molecule has 0 unspecified atom stereocenters. The lowest BCUT2D eigenvalue weighted by Gasteiger charge is -2.33. The number of rotatable bonds is 13. The lowest BCUT2D eigenvalue weighted by atomic mass is 9.72. The van der Waals surface area contributed by atoms with Gasteiger partial charge in [-0.1, -0.05) is 58.9 Å². The Morgan fingerprint density at radius 1 is 0.692 bits per heavy atom. The second-order valence-electron chi connectivity index (χ2n) is 16.3. The van der Waals surface area contributed by atoms with E-state index in [4.69, 9.17) is 19.7 Å². The molecule has 9 nitrogen and oxygen atoms in total. The van der Waals surface area contributed by atoms with E-state index in [0.717, 1.165) is 100 Å². The fourth-order valence-corrected chi connectivity index (χ4v) is 7.57. The highest BCUT2D eigenvalue weighted by molar-refractivity contribution is 6.04. The zero-order valence-electron chi connectivity index (χ0n) is 31.9. The molecule has 0 radical (unpaired) electrons. The average Bonchev–Trinajstić information content (AvgIpc) is 3.14. The van der Waals surface area contributed by atoms with Crippen LogP contribution in [0.25, 0.3) is 0 Å². The maximum absolute atomic E-state index is 13.1. The van der Waals surface area contributed by atoms with Crippen molar-refractivity contribution in [3.8, 4) is 5.75 Å². The van der Waals surface area contributed by atoms with E-state index in [1.54, 1.807) is 0 Å². The molecule has 2 aliphatic rings. The van der Waals surface area contributed by atoms with Crippen LogP contribution in [0, 0.1) is 5.41 Å². The minimum atomic E-state index is -0.139. The first-order valence-corrected chi connectivity index (χ1v) is 19.3. The van der Waals surface area contributed by atoms with Crippen LogP contribution in [0.4, 0.5) is 29.2 Å². The third-order valence-electron chi connectivity index (χ3n) is 9.99. The summed E-state index contributed by atoms with van der Waals surface area (Å²) in [6.45, 7) is 16.0. The van der Waals surface area contributed by atoms with E-state index in [0.29, 0.717) is 18.1 Å². The molecule has 0 spiro atoms. The van der Waals surface area contributed by atoms with Crippen molar-refractivity contribution >= 4 is 35.1 Å². The number of piperidine rings is 2. The molecule has 4 aromatic rings. The lowest BCUT2D eigenvalue weighted by molar-refractivity contribution is 0.102. The van der Waals surface area contributed by atoms with Crippen LogP contribution in [0.15, 0.2) is 72.8 Å². The average molecular weight is 704 g/mol. The molecule has 276 valence electrons. The van der Waals surface area contributed by atoms with Gasteiger partial charge in [-0.15, -0.1) is 0 Å². The molecule has 1 aromatic heterocycles. The summed E-state index contributed by atoms with van der Waals surface area (Å²) in [5, 5.41) is 6.41. The molecule has 0 atom stereocenters. The number of amides is 1. The maximum Gasteiger partial charge on any atom is 0.255 e. The van der Waals surface area contributed by atoms with Gasteiger partial charge in [0.25, 0.3) is 5.91 Å². The molecule has 52 heavy (non-hydrogen) atoms. The second kappa shape index (κ2) is 16.8. The Hall–Kier alpha value is -4.66. The van der Waals surface area contributed by atoms with Gasteiger partial charge < -0.3 is 25.2 Å². The first-order chi connectivity index (χ1) is 25.0. The number of aryl methyl sites for hydroxylation is 1. The Kier molecular flexibility index (Phi) is 12.0. The second-order valence-corrected chi connectivity index (χ2v) is 16.3. The first-order valence-electron chi connectivity index (χ1n) is 19.3. The van der Waals surface area contributed by atoms with Crippen molar-refractivity contribution in [2.75, 3.05) is 53.2 Å². The predicted molar refractivity (Wildman–Crippen MR) is 213 cm³/mol. The summed E-state index contributed by atoms with van der Waals surface area (Å²) in [7, 11) is 0. The molecule has 2 aliphatic heterocycles. The Balaban J connectivity index is 0.979. The number of nitrogens with zero attached hydrogens (tertiary/aromatic N) is 5. The fraction of sp³-hybridized carbons (Fsp3) is 0.488. The summed E-state index contributed by atoms with van der Waals surface area (Å²) in [6, 6.07) is 24.1. The SMILES string of the molecule is CC(C)(C)CC(C)(C)c1ccc(OCCCc2ccc(C(=O)Nc3ccc(Nc4nc(N5CCCCC5)nc(N5CCCCC5)n4)cc3)cc2)cc1. The Bertz CT molecular complexity index is 1700. The van der Waals surface area contributed by atoms with Crippen molar-refractivity contribution in [3.05, 3.63) is 89.5 Å². The standard InChI is InChI=1S/C43H57N7O2/c1-42(2,3)31-43(4,5)34-18-24-37(25-19-34)52-30-12-13-32-14-16-33(17-15-32)38(51)44-35-20-22-36(23-21-35)45-39-46-40(49-26-8-6-9-27-49)48-41(47-39)50-28-10-7-11-29-50/h14-25H,6-13,26-31H2,1-5H3,(H,44,51)(H,45,46,47,48). The molecule has 9 heteroatoms. The van der Waals surface area contributed by atoms with E-state index in [9.17, 15) is 4.79 Å². The number of carbonyl (C=O) groups is 1. The summed E-state index contributed by atoms with van der Waals surface area (Å²) >= 11 is 0. The summed E-state index contributed by atoms with van der Waals surface area (Å²) < 4.78 is 6.04. The first kappa shape index (κ1) is 37.1. The van der Waals surface area contributed by atoms with E-state index in [1.807, 2.05) is 48.5 Å². The van der Waals surface area contributed by atoms with Gasteiger partial charge in [0.15, 0.2) is 0 Å². The van der Waals surface area contributed by atoms with Gasteiger partial charge >= 0.3 is 0 Å². The zero-order chi connectivity index (χ0) is 36.6. The van der Waals surface area contributed by atoms with Crippen LogP contribution in [0.5, 0.6) is 5.75 Å². The molecule has 3 heterocycles. The van der Waals surface area contributed by atoms with Gasteiger partial charge in [-0.05, 0) is 128 Å². The van der Waals surface area contributed by atoms with Crippen molar-refractivity contribution in [3.63, 3.8) is 0 Å². The minimum absolute atomic E-state index is 0.118. The minimum Gasteiger partial charge on any atom is -0.494 e. The molecule has 1 amide bonds. The highest BCUT2D eigenvalue weighted by atomic mass is 16.5. The van der Waals surface area contributed by atoms with Gasteiger partial charge in [0.05, 0.1) is 6.61 Å². The van der Waals surface area contributed by atoms with E-state index >= 15 is 0 Å². The van der Waals surface area contributed by atoms with Crippen LogP contribution < -0.4 is 25.2 Å². The smallest absolute Gasteiger partial charge is 0.255 e. The van der Waals surface area contributed by atoms with Gasteiger partial charge in [0.1, 0.15) is 5.75 Å². The molecule has 0 bridgehead atoms. The van der Waals surface area contributed by atoms with Crippen LogP contribution in [0.1, 0.15) is 107 Å². The maximum atomic E-state index is 13.1. The number of ether oxygens (including phenoxy) is 1. The summed E-state index contributed by atoms with van der Waals surface area (Å²) in [5.74, 6) is 2.81. The fourth-order valence-electron chi connectivity index (χ4n) is 7.57. The topological polar surface area (TPSA) is 95.5 Å². The Morgan fingerprint density at radius 2 is 1.25 bits per heavy atom. The number of nitrogens with one attached hydrogen (secondary N) is 2. The van der Waals surface area contributed by atoms with Crippen molar-refractivity contribution in [2.45, 2.75) is 97.8 Å². The number of hydrogen-bond acceptors (Lipinski definition) is 8. The lowest BCUT2D eigenvalue weighted by Crippen LogP contribution is -2.34. The molecule has 0 saturated carbocycles. The monoisotopic (exact) mass is 703 g/mol. The van der Waals surface area contributed by atoms with Crippen LogP contribution >= 0.6 is 0 Å². The summed E-state index contributed by atoms with van der Waals surface area (Å²) in [4.78, 5) is 32.1. The zero-order valence-corrected chi connectivity index (χ0v) is 31.9. The molecule has 2 N–H and O–H groups in total. The normalized spacial score (nSPS) is 15.3. The van der Waals surface area contributed by atoms with Crippen molar-refractivity contribution in [1.29, 1.82) is 0 Å². The van der Waals surface area contributed by atoms with Crippen LogP contribution in [-0.4, -0.2) is 53.6 Å². The quantitative estimate of drug-likeness (QED) is 0.133. The molecule has 0 aliphatic carbocycles. The van der Waals surface area contributed by atoms with Crippen molar-refractivity contribution in [1.82, 2.24) is 15.0 Å². The third kappa shape index (κ3) is 10.5. The molecule has 2 saturated heterocycles. The van der Waals surface area contributed by atoms with Gasteiger partial charge in [0, 0.05) is 43.1 Å². The highest BCUT2D eigenvalue weighted by Gasteiger charge is 2.27. The van der Waals surface area contributed by atoms with Crippen molar-refractivity contribution < 1.29 is 9.53 Å². The van der Waals surface area contributed by atoms with Gasteiger partial charge in [-0.3, -0.25) is 4.79 Å². The Labute approximate surface area is 310 Å². The summed E-state index contributed by atoms with van der Waals surface area (Å²) in [5.41, 5.74) is 5.11. The van der Waals surface area contributed by atoms with Gasteiger partial charge in [0.2, 0.25) is 17.8 Å². The number of benzene rings is 3. The molecular weight excluding hydrogens is 647 g/mol. The van der Waals surface area contributed by atoms with E-state index < -0.39 is 0 Å². The van der Waals surface area contributed by atoms with Crippen LogP contribution in [0.3, 0.4) is 0 Å². The number of anilines is 5. The predicted octanol–water partition coefficient (Wildman–Crippen LogP) is 9.57. The van der Waals surface area contributed by atoms with Gasteiger partial charge in [-0.25, -0.2) is 0 Å². The molecule has 6 rings (SSSR count). The number of hydrogen-bond donors (Lipinski definition) is 2. The third-order valence-corrected chi connectivity index (χ3v) is 9.99. The number of aromatic nitrogens is 3. The highest BCUT2D eigenvalue weighted by Crippen LogP contribution is 2.36. The molecule has 2 fully saturated rings. The van der Waals surface area contributed by atoms with E-state index in [1.165, 1.54) is 24.0 Å². The van der Waals surface area contributed by atoms with Crippen LogP contribution in [-0.2, 0) is 11.8 Å². The largest absolute Gasteiger partial charge is 0.494 e. The van der Waals surface area contributed by atoms with E-state index in [-0.39, 0.29) is 16.7 Å².